The van der Waals surface area contributed by atoms with Crippen LogP contribution in [0.2, 0.25) is 0 Å². The average molecular weight is 341 g/mol. The molecule has 97 valence electrons. The Morgan fingerprint density at radius 1 is 1.10 bits per heavy atom. The second-order valence-corrected chi connectivity index (χ2v) is 3.69. The first kappa shape index (κ1) is 16.3. The zero-order chi connectivity index (χ0) is 13.5. The van der Waals surface area contributed by atoms with Crippen molar-refractivity contribution in [2.75, 3.05) is 5.43 Å². The van der Waals surface area contributed by atoms with Gasteiger partial charge in [-0.2, -0.15) is 22.8 Å². The van der Waals surface area contributed by atoms with E-state index >= 15 is 0 Å². The molecule has 1 aromatic heterocycles. The van der Waals surface area contributed by atoms with Crippen LogP contribution in [0.1, 0.15) is 21.5 Å². The Balaban J connectivity index is 0.00000200. The maximum absolute atomic E-state index is 10.5. The minimum Gasteiger partial charge on any atom is -0.376 e. The summed E-state index contributed by atoms with van der Waals surface area (Å²) in [6.07, 6.45) is 5.59. The summed E-state index contributed by atoms with van der Waals surface area (Å²) in [6.45, 7) is 0. The standard InChI is InChI=1S/C14H10N3O2.Y/c18-9-12-3-1-11(2-4-12)8-16-17-14-6-5-13(10-19)7-15-14;/h1-8,10H,(H,15,17);/q-1;/b16-8+;. The van der Waals surface area contributed by atoms with Crippen LogP contribution in [-0.2, 0) is 37.5 Å². The van der Waals surface area contributed by atoms with Crippen molar-refractivity contribution in [3.8, 4) is 0 Å². The summed E-state index contributed by atoms with van der Waals surface area (Å²) in [5.74, 6) is 0.541. The second-order valence-electron chi connectivity index (χ2n) is 3.69. The number of hydrogen-bond donors (Lipinski definition) is 1. The van der Waals surface area contributed by atoms with E-state index in [4.69, 9.17) is 0 Å². The monoisotopic (exact) mass is 341 g/mol. The number of hydrogen-bond acceptors (Lipinski definition) is 5. The van der Waals surface area contributed by atoms with Crippen LogP contribution in [0.3, 0.4) is 0 Å². The zero-order valence-corrected chi connectivity index (χ0v) is 13.3. The van der Waals surface area contributed by atoms with Crippen molar-refractivity contribution < 1.29 is 42.3 Å². The predicted molar refractivity (Wildman–Crippen MR) is 72.1 cm³/mol. The van der Waals surface area contributed by atoms with Crippen LogP contribution in [0.4, 0.5) is 5.82 Å². The van der Waals surface area contributed by atoms with E-state index in [1.54, 1.807) is 48.9 Å². The van der Waals surface area contributed by atoms with Crippen molar-refractivity contribution in [1.82, 2.24) is 4.98 Å². The molecule has 1 aromatic carbocycles. The zero-order valence-electron chi connectivity index (χ0n) is 10.5. The molecule has 1 radical (unpaired) electrons. The molecule has 2 rings (SSSR count). The fraction of sp³-hybridized carbons (Fsp3) is 0. The van der Waals surface area contributed by atoms with Gasteiger partial charge in [0.25, 0.3) is 0 Å². The molecule has 5 nitrogen and oxygen atoms in total. The second kappa shape index (κ2) is 8.45. The molecule has 2 aromatic rings. The van der Waals surface area contributed by atoms with E-state index < -0.39 is 0 Å². The summed E-state index contributed by atoms with van der Waals surface area (Å²) < 4.78 is 0. The molecule has 20 heavy (non-hydrogen) atoms. The van der Waals surface area contributed by atoms with Crippen LogP contribution in [-0.4, -0.2) is 23.8 Å². The minimum absolute atomic E-state index is 0. The fourth-order valence-electron chi connectivity index (χ4n) is 1.35. The Morgan fingerprint density at radius 2 is 1.80 bits per heavy atom. The van der Waals surface area contributed by atoms with Gasteiger partial charge in [-0.25, -0.2) is 4.98 Å². The van der Waals surface area contributed by atoms with Crippen molar-refractivity contribution in [3.63, 3.8) is 0 Å². The number of anilines is 1. The molecule has 6 heteroatoms. The van der Waals surface area contributed by atoms with Gasteiger partial charge >= 0.3 is 0 Å². The molecule has 1 heterocycles. The van der Waals surface area contributed by atoms with E-state index in [9.17, 15) is 9.59 Å². The van der Waals surface area contributed by atoms with Crippen LogP contribution in [0.15, 0.2) is 47.7 Å². The molecule has 0 aliphatic rings. The first-order chi connectivity index (χ1) is 9.31. The van der Waals surface area contributed by atoms with Crippen LogP contribution in [0.5, 0.6) is 0 Å². The van der Waals surface area contributed by atoms with Gasteiger partial charge in [0, 0.05) is 44.5 Å². The van der Waals surface area contributed by atoms with Crippen molar-refractivity contribution in [2.45, 2.75) is 0 Å². The van der Waals surface area contributed by atoms with E-state index in [1.807, 2.05) is 0 Å². The molecule has 0 aliphatic carbocycles. The van der Waals surface area contributed by atoms with Gasteiger partial charge < -0.3 is 4.79 Å². The average Bonchev–Trinajstić information content (AvgIpc) is 2.49. The van der Waals surface area contributed by atoms with Gasteiger partial charge in [0.15, 0.2) is 6.29 Å². The van der Waals surface area contributed by atoms with Gasteiger partial charge in [-0.05, 0) is 17.7 Å². The number of nitrogens with one attached hydrogen (secondary N) is 1. The van der Waals surface area contributed by atoms with E-state index in [0.29, 0.717) is 16.9 Å². The van der Waals surface area contributed by atoms with Crippen LogP contribution in [0, 0.1) is 0 Å². The Bertz CT molecular complexity index is 595. The van der Waals surface area contributed by atoms with Gasteiger partial charge in [0.05, 0.1) is 12.5 Å². The van der Waals surface area contributed by atoms with E-state index in [-0.39, 0.29) is 32.7 Å². The quantitative estimate of drug-likeness (QED) is 0.390. The topological polar surface area (TPSA) is 71.4 Å². The molecule has 1 N–H and O–H groups in total. The Morgan fingerprint density at radius 3 is 2.35 bits per heavy atom. The number of rotatable bonds is 5. The molecule has 0 saturated heterocycles. The summed E-state index contributed by atoms with van der Waals surface area (Å²) >= 11 is 0. The van der Waals surface area contributed by atoms with Crippen LogP contribution in [0.25, 0.3) is 0 Å². The number of hydrazone groups is 1. The van der Waals surface area contributed by atoms with Gasteiger partial charge in [0.1, 0.15) is 5.82 Å². The van der Waals surface area contributed by atoms with Gasteiger partial charge in [-0.15, -0.1) is 12.1 Å². The predicted octanol–water partition coefficient (Wildman–Crippen LogP) is 1.80. The molecule has 0 saturated carbocycles. The van der Waals surface area contributed by atoms with Gasteiger partial charge in [0.2, 0.25) is 0 Å². The summed E-state index contributed by atoms with van der Waals surface area (Å²) in [7, 11) is 0. The molecule has 0 unspecified atom stereocenters. The number of carbonyl (C=O) groups is 1. The normalized spacial score (nSPS) is 9.80. The third kappa shape index (κ3) is 4.75. The summed E-state index contributed by atoms with van der Waals surface area (Å²) in [4.78, 5) is 24.8. The van der Waals surface area contributed by atoms with E-state index in [2.05, 4.69) is 15.5 Å². The fourth-order valence-corrected chi connectivity index (χ4v) is 1.35. The third-order valence-corrected chi connectivity index (χ3v) is 2.34. The molecule has 0 amide bonds. The molecule has 0 fully saturated rings. The van der Waals surface area contributed by atoms with Gasteiger partial charge in [-0.1, -0.05) is 0 Å². The number of aldehydes is 1. The maximum Gasteiger partial charge on any atom is 0.151 e. The maximum atomic E-state index is 10.5. The van der Waals surface area contributed by atoms with Crippen molar-refractivity contribution in [2.24, 2.45) is 5.10 Å². The molecule has 0 bridgehead atoms. The van der Waals surface area contributed by atoms with Crippen molar-refractivity contribution in [1.29, 1.82) is 0 Å². The Kier molecular flexibility index (Phi) is 6.91. The van der Waals surface area contributed by atoms with Crippen molar-refractivity contribution in [3.05, 3.63) is 59.3 Å². The minimum atomic E-state index is 0. The first-order valence-corrected chi connectivity index (χ1v) is 5.50. The number of pyridine rings is 1. The Hall–Kier alpha value is -1.72. The third-order valence-electron chi connectivity index (χ3n) is 2.34. The van der Waals surface area contributed by atoms with E-state index in [1.165, 1.54) is 6.20 Å². The number of nitrogens with zero attached hydrogens (tertiary/aromatic N) is 2. The largest absolute Gasteiger partial charge is 0.376 e. The SMILES string of the molecule is O=[C-]c1ccc(/C=N/Nc2ccc(C=O)cn2)cc1.[Y]. The van der Waals surface area contributed by atoms with Crippen molar-refractivity contribution >= 4 is 24.6 Å². The molecule has 0 spiro atoms. The summed E-state index contributed by atoms with van der Waals surface area (Å²) in [5, 5.41) is 4.00. The van der Waals surface area contributed by atoms with Gasteiger partial charge in [-0.3, -0.25) is 10.2 Å². The smallest absolute Gasteiger partial charge is 0.151 e. The first-order valence-electron chi connectivity index (χ1n) is 5.50. The molecular formula is C14H10N3O2Y-. The molecular weight excluding hydrogens is 331 g/mol. The van der Waals surface area contributed by atoms with E-state index in [0.717, 1.165) is 11.8 Å². The molecule has 0 aliphatic heterocycles. The summed E-state index contributed by atoms with van der Waals surface area (Å²) in [6, 6.07) is 10.1. The number of benzene rings is 1. The summed E-state index contributed by atoms with van der Waals surface area (Å²) in [5.41, 5.74) is 4.59. The molecule has 0 atom stereocenters. The van der Waals surface area contributed by atoms with Crippen LogP contribution >= 0.6 is 0 Å². The number of aromatic nitrogens is 1. The Labute approximate surface area is 141 Å². The number of carbonyl (C=O) groups excluding carboxylic acids is 2. The van der Waals surface area contributed by atoms with Crippen LogP contribution < -0.4 is 5.43 Å².